The van der Waals surface area contributed by atoms with Crippen LogP contribution in [0, 0.1) is 0 Å². The first kappa shape index (κ1) is 17.7. The Balaban J connectivity index is 2.58. The molecule has 0 aliphatic heterocycles. The van der Waals surface area contributed by atoms with Crippen molar-refractivity contribution >= 4 is 35.6 Å². The zero-order chi connectivity index (χ0) is 18.2. The zero-order valence-electron chi connectivity index (χ0n) is 13.3. The summed E-state index contributed by atoms with van der Waals surface area (Å²) < 4.78 is 0. The second-order valence-electron chi connectivity index (χ2n) is 5.08. The fourth-order valence-corrected chi connectivity index (χ4v) is 2.27. The van der Waals surface area contributed by atoms with Crippen LogP contribution in [0.25, 0.3) is 11.6 Å². The van der Waals surface area contributed by atoms with E-state index >= 15 is 0 Å². The van der Waals surface area contributed by atoms with Gasteiger partial charge in [-0.25, -0.2) is 9.79 Å². The van der Waals surface area contributed by atoms with Gasteiger partial charge in [0.2, 0.25) is 0 Å². The number of nitrogens with zero attached hydrogens (tertiary/aromatic N) is 1. The summed E-state index contributed by atoms with van der Waals surface area (Å²) in [6.45, 7) is 0. The standard InChI is InChI=1S/C19H17N3O3/c20-19(21)22-15-8-4-7-14(12-15)16(9-10-23)17(18(24)25)11-13-5-2-1-3-6-13/h1-12H,(H,24,25)(H4,20,21,22). The number of benzene rings is 2. The Hall–Kier alpha value is -3.67. The maximum Gasteiger partial charge on any atom is 0.336 e. The molecule has 2 aromatic carbocycles. The van der Waals surface area contributed by atoms with E-state index in [1.165, 1.54) is 12.2 Å². The van der Waals surface area contributed by atoms with Gasteiger partial charge in [-0.2, -0.15) is 0 Å². The molecule has 0 aliphatic carbocycles. The van der Waals surface area contributed by atoms with Gasteiger partial charge in [0.25, 0.3) is 0 Å². The van der Waals surface area contributed by atoms with Gasteiger partial charge in [0.1, 0.15) is 6.29 Å². The fourth-order valence-electron chi connectivity index (χ4n) is 2.27. The zero-order valence-corrected chi connectivity index (χ0v) is 13.3. The summed E-state index contributed by atoms with van der Waals surface area (Å²) in [6, 6.07) is 15.6. The minimum Gasteiger partial charge on any atom is -0.478 e. The van der Waals surface area contributed by atoms with Crippen molar-refractivity contribution in [3.8, 4) is 0 Å². The van der Waals surface area contributed by atoms with Crippen LogP contribution >= 0.6 is 0 Å². The van der Waals surface area contributed by atoms with Crippen molar-refractivity contribution < 1.29 is 14.7 Å². The minimum absolute atomic E-state index is 0.0137. The van der Waals surface area contributed by atoms with Crippen molar-refractivity contribution in [3.05, 3.63) is 77.4 Å². The van der Waals surface area contributed by atoms with Crippen molar-refractivity contribution in [1.82, 2.24) is 0 Å². The molecular formula is C19H17N3O3. The van der Waals surface area contributed by atoms with Crippen LogP contribution in [0.1, 0.15) is 11.1 Å². The van der Waals surface area contributed by atoms with E-state index in [2.05, 4.69) is 4.99 Å². The third-order valence-electron chi connectivity index (χ3n) is 3.28. The predicted octanol–water partition coefficient (Wildman–Crippen LogP) is 2.34. The number of carboxylic acid groups (broad SMARTS) is 1. The van der Waals surface area contributed by atoms with E-state index in [1.807, 2.05) is 6.07 Å². The maximum absolute atomic E-state index is 11.8. The van der Waals surface area contributed by atoms with Crippen LogP contribution in [0.15, 0.2) is 71.2 Å². The Labute approximate surface area is 144 Å². The topological polar surface area (TPSA) is 119 Å². The summed E-state index contributed by atoms with van der Waals surface area (Å²) in [5, 5.41) is 9.62. The third-order valence-corrected chi connectivity index (χ3v) is 3.28. The number of rotatable bonds is 6. The SMILES string of the molecule is NC(N)=Nc1cccc(C(=CC=O)C(=Cc2ccccc2)C(=O)O)c1. The number of guanidine groups is 1. The van der Waals surface area contributed by atoms with Gasteiger partial charge in [0, 0.05) is 0 Å². The number of carbonyl (C=O) groups excluding carboxylic acids is 1. The van der Waals surface area contributed by atoms with Crippen LogP contribution in [-0.2, 0) is 9.59 Å². The van der Waals surface area contributed by atoms with Gasteiger partial charge in [0.05, 0.1) is 11.3 Å². The van der Waals surface area contributed by atoms with E-state index in [-0.39, 0.29) is 17.1 Å². The van der Waals surface area contributed by atoms with E-state index in [1.54, 1.807) is 48.5 Å². The van der Waals surface area contributed by atoms with Crippen LogP contribution in [0.3, 0.4) is 0 Å². The molecule has 2 rings (SSSR count). The highest BCUT2D eigenvalue weighted by Crippen LogP contribution is 2.28. The number of carbonyl (C=O) groups is 2. The van der Waals surface area contributed by atoms with Crippen molar-refractivity contribution in [1.29, 1.82) is 0 Å². The molecule has 0 bridgehead atoms. The first-order valence-corrected chi connectivity index (χ1v) is 7.37. The molecule has 6 heteroatoms. The van der Waals surface area contributed by atoms with Gasteiger partial charge in [-0.1, -0.05) is 42.5 Å². The van der Waals surface area contributed by atoms with Crippen LogP contribution in [0.4, 0.5) is 5.69 Å². The molecule has 126 valence electrons. The molecule has 0 heterocycles. The van der Waals surface area contributed by atoms with E-state index in [0.29, 0.717) is 23.1 Å². The second-order valence-corrected chi connectivity index (χ2v) is 5.08. The van der Waals surface area contributed by atoms with E-state index < -0.39 is 5.97 Å². The quantitative estimate of drug-likeness (QED) is 0.246. The monoisotopic (exact) mass is 335 g/mol. The van der Waals surface area contributed by atoms with Crippen molar-refractivity contribution in [2.45, 2.75) is 0 Å². The van der Waals surface area contributed by atoms with Crippen molar-refractivity contribution in [3.63, 3.8) is 0 Å². The second kappa shape index (κ2) is 8.26. The first-order valence-electron chi connectivity index (χ1n) is 7.37. The highest BCUT2D eigenvalue weighted by molar-refractivity contribution is 6.11. The molecule has 0 saturated heterocycles. The molecule has 6 nitrogen and oxygen atoms in total. The molecule has 0 atom stereocenters. The van der Waals surface area contributed by atoms with E-state index in [0.717, 1.165) is 0 Å². The lowest BCUT2D eigenvalue weighted by molar-refractivity contribution is -0.132. The molecule has 0 spiro atoms. The normalized spacial score (nSPS) is 11.7. The third kappa shape index (κ3) is 4.90. The van der Waals surface area contributed by atoms with Crippen LogP contribution < -0.4 is 11.5 Å². The Morgan fingerprint density at radius 2 is 1.76 bits per heavy atom. The lowest BCUT2D eigenvalue weighted by Crippen LogP contribution is -2.21. The lowest BCUT2D eigenvalue weighted by Gasteiger charge is -2.09. The number of allylic oxidation sites excluding steroid dienone is 1. The Kier molecular flexibility index (Phi) is 5.84. The van der Waals surface area contributed by atoms with Crippen LogP contribution in [0.2, 0.25) is 0 Å². The van der Waals surface area contributed by atoms with E-state index in [4.69, 9.17) is 11.5 Å². The number of nitrogens with two attached hydrogens (primary N) is 2. The van der Waals surface area contributed by atoms with Gasteiger partial charge in [-0.05, 0) is 41.0 Å². The van der Waals surface area contributed by atoms with Gasteiger partial charge in [-0.3, -0.25) is 4.79 Å². The Morgan fingerprint density at radius 1 is 1.04 bits per heavy atom. The maximum atomic E-state index is 11.8. The molecule has 0 aliphatic rings. The highest BCUT2D eigenvalue weighted by Gasteiger charge is 2.16. The number of hydrogen-bond acceptors (Lipinski definition) is 3. The summed E-state index contributed by atoms with van der Waals surface area (Å²) >= 11 is 0. The number of aliphatic carboxylic acids is 1. The number of aliphatic imine (C=N–C) groups is 1. The van der Waals surface area contributed by atoms with Gasteiger partial charge >= 0.3 is 5.97 Å². The largest absolute Gasteiger partial charge is 0.478 e. The minimum atomic E-state index is -1.15. The summed E-state index contributed by atoms with van der Waals surface area (Å²) in [6.07, 6.45) is 3.26. The summed E-state index contributed by atoms with van der Waals surface area (Å²) in [7, 11) is 0. The molecule has 2 aromatic rings. The molecule has 0 aromatic heterocycles. The molecule has 0 saturated carbocycles. The first-order chi connectivity index (χ1) is 12.0. The summed E-state index contributed by atoms with van der Waals surface area (Å²) in [5.74, 6) is -1.26. The summed E-state index contributed by atoms with van der Waals surface area (Å²) in [5.41, 5.74) is 12.7. The molecule has 25 heavy (non-hydrogen) atoms. The fraction of sp³-hybridized carbons (Fsp3) is 0. The number of hydrogen-bond donors (Lipinski definition) is 3. The average molecular weight is 335 g/mol. The number of aldehydes is 1. The Morgan fingerprint density at radius 3 is 2.36 bits per heavy atom. The molecule has 0 fully saturated rings. The highest BCUT2D eigenvalue weighted by atomic mass is 16.4. The van der Waals surface area contributed by atoms with Crippen LogP contribution in [0.5, 0.6) is 0 Å². The Bertz CT molecular complexity index is 864. The smallest absolute Gasteiger partial charge is 0.336 e. The van der Waals surface area contributed by atoms with Gasteiger partial charge < -0.3 is 16.6 Å². The van der Waals surface area contributed by atoms with Crippen molar-refractivity contribution in [2.24, 2.45) is 16.5 Å². The molecule has 0 radical (unpaired) electrons. The molecule has 5 N–H and O–H groups in total. The lowest BCUT2D eigenvalue weighted by atomic mass is 9.95. The summed E-state index contributed by atoms with van der Waals surface area (Å²) in [4.78, 5) is 26.8. The molecule has 0 unspecified atom stereocenters. The predicted molar refractivity (Wildman–Crippen MR) is 98.0 cm³/mol. The average Bonchev–Trinajstić information content (AvgIpc) is 2.58. The number of carboxylic acids is 1. The van der Waals surface area contributed by atoms with Gasteiger partial charge in [0.15, 0.2) is 5.96 Å². The van der Waals surface area contributed by atoms with Crippen LogP contribution in [-0.4, -0.2) is 23.3 Å². The van der Waals surface area contributed by atoms with Gasteiger partial charge in [-0.15, -0.1) is 0 Å². The molecule has 0 amide bonds. The molecular weight excluding hydrogens is 318 g/mol. The van der Waals surface area contributed by atoms with E-state index in [9.17, 15) is 14.7 Å². The van der Waals surface area contributed by atoms with Crippen molar-refractivity contribution in [2.75, 3.05) is 0 Å².